The van der Waals surface area contributed by atoms with Crippen LogP contribution in [-0.2, 0) is 6.54 Å². The van der Waals surface area contributed by atoms with Crippen LogP contribution in [0.2, 0.25) is 0 Å². The van der Waals surface area contributed by atoms with Gasteiger partial charge in [-0.05, 0) is 38.0 Å². The van der Waals surface area contributed by atoms with Crippen LogP contribution in [0.15, 0.2) is 35.1 Å². The quantitative estimate of drug-likeness (QED) is 0.876. The molecule has 2 aromatic rings. The van der Waals surface area contributed by atoms with Gasteiger partial charge in [0.15, 0.2) is 0 Å². The van der Waals surface area contributed by atoms with Gasteiger partial charge in [-0.15, -0.1) is 0 Å². The fraction of sp³-hybridized carbons (Fsp3) is 0.333. The molecule has 1 fully saturated rings. The van der Waals surface area contributed by atoms with Gasteiger partial charge >= 0.3 is 0 Å². The molecule has 0 aliphatic heterocycles. The van der Waals surface area contributed by atoms with Gasteiger partial charge in [0, 0.05) is 24.3 Å². The Hall–Kier alpha value is -2.30. The molecule has 2 heterocycles. The Morgan fingerprint density at radius 3 is 2.85 bits per heavy atom. The Labute approximate surface area is 117 Å². The normalized spacial score (nSPS) is 14.1. The van der Waals surface area contributed by atoms with E-state index >= 15 is 0 Å². The van der Waals surface area contributed by atoms with Crippen molar-refractivity contribution in [1.29, 1.82) is 0 Å². The van der Waals surface area contributed by atoms with Gasteiger partial charge in [0.05, 0.1) is 11.8 Å². The van der Waals surface area contributed by atoms with Crippen molar-refractivity contribution in [1.82, 2.24) is 10.3 Å². The third-order valence-corrected chi connectivity index (χ3v) is 3.36. The lowest BCUT2D eigenvalue weighted by Crippen LogP contribution is -2.23. The van der Waals surface area contributed by atoms with Crippen LogP contribution in [0, 0.1) is 6.92 Å². The Kier molecular flexibility index (Phi) is 3.41. The van der Waals surface area contributed by atoms with E-state index in [4.69, 9.17) is 4.42 Å². The molecular weight excluding hydrogens is 254 g/mol. The summed E-state index contributed by atoms with van der Waals surface area (Å²) in [6.07, 6.45) is 5.63. The summed E-state index contributed by atoms with van der Waals surface area (Å²) in [5, 5.41) is 6.14. The van der Waals surface area contributed by atoms with Crippen LogP contribution in [0.1, 0.15) is 34.5 Å². The number of nitrogens with one attached hydrogen (secondary N) is 2. The maximum absolute atomic E-state index is 12.0. The summed E-state index contributed by atoms with van der Waals surface area (Å²) in [5.41, 5.74) is 1.55. The molecule has 2 N–H and O–H groups in total. The first-order chi connectivity index (χ1) is 9.72. The molecule has 2 aromatic heterocycles. The number of carbonyl (C=O) groups excluding carboxylic acids is 1. The number of aryl methyl sites for hydroxylation is 1. The zero-order chi connectivity index (χ0) is 13.9. The number of nitrogens with zero attached hydrogens (tertiary/aromatic N) is 1. The average Bonchev–Trinajstić information content (AvgIpc) is 3.18. The first-order valence-electron chi connectivity index (χ1n) is 6.76. The Morgan fingerprint density at radius 1 is 1.40 bits per heavy atom. The number of anilines is 1. The fourth-order valence-electron chi connectivity index (χ4n) is 1.92. The molecule has 5 heteroatoms. The van der Waals surface area contributed by atoms with E-state index < -0.39 is 0 Å². The molecule has 1 aliphatic rings. The van der Waals surface area contributed by atoms with Crippen LogP contribution in [-0.4, -0.2) is 16.9 Å². The summed E-state index contributed by atoms with van der Waals surface area (Å²) >= 11 is 0. The maximum Gasteiger partial charge on any atom is 0.253 e. The van der Waals surface area contributed by atoms with Crippen LogP contribution in [0.4, 0.5) is 5.82 Å². The van der Waals surface area contributed by atoms with Crippen molar-refractivity contribution >= 4 is 11.7 Å². The zero-order valence-corrected chi connectivity index (χ0v) is 11.3. The van der Waals surface area contributed by atoms with Gasteiger partial charge in [-0.1, -0.05) is 0 Å². The minimum Gasteiger partial charge on any atom is -0.469 e. The van der Waals surface area contributed by atoms with Gasteiger partial charge in [-0.3, -0.25) is 4.79 Å². The molecule has 5 nitrogen and oxygen atoms in total. The molecule has 0 aromatic carbocycles. The summed E-state index contributed by atoms with van der Waals surface area (Å²) < 4.78 is 5.19. The minimum atomic E-state index is -0.129. The summed E-state index contributed by atoms with van der Waals surface area (Å²) in [5.74, 6) is 1.53. The van der Waals surface area contributed by atoms with E-state index in [9.17, 15) is 4.79 Å². The van der Waals surface area contributed by atoms with Crippen molar-refractivity contribution in [2.24, 2.45) is 0 Å². The predicted octanol–water partition coefficient (Wildman–Crippen LogP) is 2.49. The first-order valence-corrected chi connectivity index (χ1v) is 6.76. The van der Waals surface area contributed by atoms with Crippen LogP contribution in [0.25, 0.3) is 0 Å². The number of hydrogen-bond donors (Lipinski definition) is 2. The van der Waals surface area contributed by atoms with Crippen molar-refractivity contribution in [2.75, 3.05) is 5.32 Å². The number of aromatic nitrogens is 1. The minimum absolute atomic E-state index is 0.129. The molecule has 1 amide bonds. The number of rotatable bonds is 5. The van der Waals surface area contributed by atoms with Crippen LogP contribution < -0.4 is 10.6 Å². The SMILES string of the molecule is Cc1occc1CNC(=O)c1ccc(NC2CC2)nc1. The van der Waals surface area contributed by atoms with Gasteiger partial charge in [0.1, 0.15) is 11.6 Å². The molecular formula is C15H17N3O2. The highest BCUT2D eigenvalue weighted by Gasteiger charge is 2.21. The Balaban J connectivity index is 1.57. The largest absolute Gasteiger partial charge is 0.469 e. The standard InChI is InChI=1S/C15H17N3O2/c1-10-11(6-7-20-10)8-17-15(19)12-2-5-14(16-9-12)18-13-3-4-13/h2,5-7,9,13H,3-4,8H2,1H3,(H,16,18)(H,17,19). The van der Waals surface area contributed by atoms with Crippen LogP contribution in [0.3, 0.4) is 0 Å². The lowest BCUT2D eigenvalue weighted by Gasteiger charge is -2.06. The number of hydrogen-bond acceptors (Lipinski definition) is 4. The molecule has 0 unspecified atom stereocenters. The van der Waals surface area contributed by atoms with Gasteiger partial charge in [-0.2, -0.15) is 0 Å². The monoisotopic (exact) mass is 271 g/mol. The van der Waals surface area contributed by atoms with Crippen LogP contribution >= 0.6 is 0 Å². The summed E-state index contributed by atoms with van der Waals surface area (Å²) in [6.45, 7) is 2.34. The first kappa shape index (κ1) is 12.7. The van der Waals surface area contributed by atoms with Crippen molar-refractivity contribution in [2.45, 2.75) is 32.4 Å². The molecule has 0 bridgehead atoms. The summed E-state index contributed by atoms with van der Waals surface area (Å²) in [6, 6.07) is 6.05. The van der Waals surface area contributed by atoms with E-state index in [2.05, 4.69) is 15.6 Å². The Morgan fingerprint density at radius 2 is 2.25 bits per heavy atom. The second kappa shape index (κ2) is 5.36. The van der Waals surface area contributed by atoms with Gasteiger partial charge in [-0.25, -0.2) is 4.98 Å². The third-order valence-electron chi connectivity index (χ3n) is 3.36. The maximum atomic E-state index is 12.0. The molecule has 0 radical (unpaired) electrons. The summed E-state index contributed by atoms with van der Waals surface area (Å²) in [4.78, 5) is 16.2. The molecule has 1 aliphatic carbocycles. The molecule has 0 atom stereocenters. The molecule has 1 saturated carbocycles. The van der Waals surface area contributed by atoms with E-state index in [0.29, 0.717) is 18.2 Å². The molecule has 3 rings (SSSR count). The van der Waals surface area contributed by atoms with E-state index in [1.165, 1.54) is 12.8 Å². The van der Waals surface area contributed by atoms with Crippen molar-refractivity contribution < 1.29 is 9.21 Å². The lowest BCUT2D eigenvalue weighted by atomic mass is 10.2. The van der Waals surface area contributed by atoms with E-state index in [-0.39, 0.29) is 5.91 Å². The fourth-order valence-corrected chi connectivity index (χ4v) is 1.92. The molecule has 0 spiro atoms. The lowest BCUT2D eigenvalue weighted by molar-refractivity contribution is 0.0950. The molecule has 104 valence electrons. The molecule has 0 saturated heterocycles. The van der Waals surface area contributed by atoms with Crippen molar-refractivity contribution in [3.8, 4) is 0 Å². The number of carbonyl (C=O) groups is 1. The van der Waals surface area contributed by atoms with Crippen molar-refractivity contribution in [3.63, 3.8) is 0 Å². The highest BCUT2D eigenvalue weighted by molar-refractivity contribution is 5.94. The van der Waals surface area contributed by atoms with E-state index in [0.717, 1.165) is 17.1 Å². The zero-order valence-electron chi connectivity index (χ0n) is 11.3. The number of pyridine rings is 1. The third kappa shape index (κ3) is 2.99. The Bertz CT molecular complexity index is 600. The van der Waals surface area contributed by atoms with Gasteiger partial charge in [0.2, 0.25) is 0 Å². The van der Waals surface area contributed by atoms with Gasteiger partial charge in [0.25, 0.3) is 5.91 Å². The second-order valence-electron chi connectivity index (χ2n) is 5.04. The molecule has 20 heavy (non-hydrogen) atoms. The highest BCUT2D eigenvalue weighted by Crippen LogP contribution is 2.23. The van der Waals surface area contributed by atoms with Crippen molar-refractivity contribution in [3.05, 3.63) is 47.5 Å². The average molecular weight is 271 g/mol. The topological polar surface area (TPSA) is 67.2 Å². The van der Waals surface area contributed by atoms with Gasteiger partial charge < -0.3 is 15.1 Å². The summed E-state index contributed by atoms with van der Waals surface area (Å²) in [7, 11) is 0. The van der Waals surface area contributed by atoms with E-state index in [1.54, 1.807) is 18.5 Å². The smallest absolute Gasteiger partial charge is 0.253 e. The highest BCUT2D eigenvalue weighted by atomic mass is 16.3. The van der Waals surface area contributed by atoms with E-state index in [1.807, 2.05) is 19.1 Å². The second-order valence-corrected chi connectivity index (χ2v) is 5.04. The van der Waals surface area contributed by atoms with Crippen LogP contribution in [0.5, 0.6) is 0 Å². The number of furan rings is 1. The number of amides is 1. The predicted molar refractivity (Wildman–Crippen MR) is 75.5 cm³/mol.